The smallest absolute Gasteiger partial charge is 0.316 e. The number of carbonyl (C=O) groups excluding carboxylic acids is 4. The standard InChI is InChI=1S/C28H28N2O6/c1-3-35-24-11-7-6-10-23(24)29-16-18(15-25(29)31)28(34)36-19-12-13-22(17(2)14-19)30-26(32)20-8-4-5-9-21(20)27(30)33/h4-7,10-14,18,20-21H,3,8-9,15-16H2,1-2H3/t18-,20-,21+/m1/s1. The molecule has 1 aliphatic carbocycles. The van der Waals surface area contributed by atoms with Crippen molar-refractivity contribution in [3.05, 3.63) is 60.2 Å². The molecule has 2 fully saturated rings. The fourth-order valence-corrected chi connectivity index (χ4v) is 5.24. The Bertz CT molecular complexity index is 1240. The zero-order chi connectivity index (χ0) is 25.4. The number of ether oxygens (including phenoxy) is 2. The summed E-state index contributed by atoms with van der Waals surface area (Å²) in [6, 6.07) is 12.1. The molecule has 0 spiro atoms. The zero-order valence-corrected chi connectivity index (χ0v) is 20.3. The van der Waals surface area contributed by atoms with E-state index in [-0.39, 0.29) is 42.5 Å². The monoisotopic (exact) mass is 488 g/mol. The predicted molar refractivity (Wildman–Crippen MR) is 133 cm³/mol. The normalized spacial score (nSPS) is 23.3. The first-order valence-corrected chi connectivity index (χ1v) is 12.3. The average Bonchev–Trinajstić information content (AvgIpc) is 3.38. The number of amides is 3. The Labute approximate surface area is 209 Å². The second kappa shape index (κ2) is 9.60. The second-order valence-corrected chi connectivity index (χ2v) is 9.34. The fourth-order valence-electron chi connectivity index (χ4n) is 5.24. The number of nitrogens with zero attached hydrogens (tertiary/aromatic N) is 2. The molecular weight excluding hydrogens is 460 g/mol. The topological polar surface area (TPSA) is 93.2 Å². The lowest BCUT2D eigenvalue weighted by molar-refractivity contribution is -0.139. The molecule has 2 saturated heterocycles. The molecule has 3 atom stereocenters. The summed E-state index contributed by atoms with van der Waals surface area (Å²) in [5, 5.41) is 0. The van der Waals surface area contributed by atoms with Gasteiger partial charge in [-0.05, 0) is 62.6 Å². The van der Waals surface area contributed by atoms with Gasteiger partial charge < -0.3 is 14.4 Å². The van der Waals surface area contributed by atoms with Gasteiger partial charge in [0.15, 0.2) is 0 Å². The van der Waals surface area contributed by atoms with Crippen LogP contribution in [-0.2, 0) is 19.2 Å². The Morgan fingerprint density at radius 1 is 0.972 bits per heavy atom. The first-order chi connectivity index (χ1) is 17.4. The van der Waals surface area contributed by atoms with Crippen LogP contribution in [0.2, 0.25) is 0 Å². The van der Waals surface area contributed by atoms with E-state index < -0.39 is 11.9 Å². The van der Waals surface area contributed by atoms with E-state index in [1.807, 2.05) is 31.2 Å². The third-order valence-corrected chi connectivity index (χ3v) is 7.05. The Balaban J connectivity index is 1.28. The number of aryl methyl sites for hydroxylation is 1. The molecule has 2 aliphatic heterocycles. The number of benzene rings is 2. The van der Waals surface area contributed by atoms with E-state index in [1.165, 1.54) is 4.90 Å². The van der Waals surface area contributed by atoms with E-state index in [0.717, 1.165) is 0 Å². The van der Waals surface area contributed by atoms with Crippen LogP contribution >= 0.6 is 0 Å². The van der Waals surface area contributed by atoms with Crippen molar-refractivity contribution in [3.63, 3.8) is 0 Å². The lowest BCUT2D eigenvalue weighted by Crippen LogP contribution is -2.31. The molecule has 3 amide bonds. The molecule has 0 saturated carbocycles. The lowest BCUT2D eigenvalue weighted by atomic mass is 9.85. The molecule has 3 aliphatic rings. The summed E-state index contributed by atoms with van der Waals surface area (Å²) in [5.74, 6) is -1.38. The van der Waals surface area contributed by atoms with Gasteiger partial charge in [-0.3, -0.25) is 19.2 Å². The Morgan fingerprint density at radius 2 is 1.67 bits per heavy atom. The number of para-hydroxylation sites is 2. The number of imide groups is 1. The summed E-state index contributed by atoms with van der Waals surface area (Å²) in [7, 11) is 0. The molecule has 0 aromatic heterocycles. The van der Waals surface area contributed by atoms with E-state index in [2.05, 4.69) is 0 Å². The van der Waals surface area contributed by atoms with Gasteiger partial charge in [-0.2, -0.15) is 0 Å². The van der Waals surface area contributed by atoms with Gasteiger partial charge in [0.25, 0.3) is 0 Å². The van der Waals surface area contributed by atoms with Crippen LogP contribution in [0.25, 0.3) is 0 Å². The first kappa shape index (κ1) is 23.8. The van der Waals surface area contributed by atoms with Crippen LogP contribution in [0.3, 0.4) is 0 Å². The number of carbonyl (C=O) groups is 4. The molecule has 2 heterocycles. The van der Waals surface area contributed by atoms with Crippen molar-refractivity contribution in [2.75, 3.05) is 23.0 Å². The van der Waals surface area contributed by atoms with E-state index in [9.17, 15) is 19.2 Å². The Hall–Kier alpha value is -3.94. The number of hydrogen-bond acceptors (Lipinski definition) is 6. The summed E-state index contributed by atoms with van der Waals surface area (Å²) < 4.78 is 11.2. The summed E-state index contributed by atoms with van der Waals surface area (Å²) in [6.07, 6.45) is 5.11. The highest BCUT2D eigenvalue weighted by Crippen LogP contribution is 2.39. The number of hydrogen-bond donors (Lipinski definition) is 0. The zero-order valence-electron chi connectivity index (χ0n) is 20.3. The number of anilines is 2. The molecule has 2 aromatic carbocycles. The molecule has 0 bridgehead atoms. The lowest BCUT2D eigenvalue weighted by Gasteiger charge is -2.20. The fraction of sp³-hybridized carbons (Fsp3) is 0.357. The SMILES string of the molecule is CCOc1ccccc1N1C[C@H](C(=O)Oc2ccc(N3C(=O)[C@H]4CC=CC[C@H]4C3=O)c(C)c2)CC1=O. The van der Waals surface area contributed by atoms with Gasteiger partial charge in [-0.15, -0.1) is 0 Å². The molecule has 5 rings (SSSR count). The van der Waals surface area contributed by atoms with Crippen molar-refractivity contribution < 1.29 is 28.7 Å². The van der Waals surface area contributed by atoms with Gasteiger partial charge in [0.05, 0.1) is 35.7 Å². The highest BCUT2D eigenvalue weighted by atomic mass is 16.5. The molecule has 36 heavy (non-hydrogen) atoms. The summed E-state index contributed by atoms with van der Waals surface area (Å²) >= 11 is 0. The predicted octanol–water partition coefficient (Wildman–Crippen LogP) is 3.81. The minimum atomic E-state index is -0.621. The van der Waals surface area contributed by atoms with E-state index >= 15 is 0 Å². The van der Waals surface area contributed by atoms with Crippen LogP contribution < -0.4 is 19.3 Å². The van der Waals surface area contributed by atoms with Crippen molar-refractivity contribution in [3.8, 4) is 11.5 Å². The summed E-state index contributed by atoms with van der Waals surface area (Å²) in [5.41, 5.74) is 1.80. The van der Waals surface area contributed by atoms with Gasteiger partial charge in [-0.1, -0.05) is 24.3 Å². The van der Waals surface area contributed by atoms with Crippen molar-refractivity contribution in [1.82, 2.24) is 0 Å². The quantitative estimate of drug-likeness (QED) is 0.266. The van der Waals surface area contributed by atoms with Gasteiger partial charge in [0, 0.05) is 13.0 Å². The van der Waals surface area contributed by atoms with Crippen LogP contribution in [-0.4, -0.2) is 36.8 Å². The van der Waals surface area contributed by atoms with Crippen LogP contribution in [0, 0.1) is 24.7 Å². The van der Waals surface area contributed by atoms with Crippen LogP contribution in [0.4, 0.5) is 11.4 Å². The Morgan fingerprint density at radius 3 is 2.33 bits per heavy atom. The van der Waals surface area contributed by atoms with Crippen LogP contribution in [0.5, 0.6) is 11.5 Å². The van der Waals surface area contributed by atoms with Gasteiger partial charge in [-0.25, -0.2) is 4.90 Å². The first-order valence-electron chi connectivity index (χ1n) is 12.3. The Kier molecular flexibility index (Phi) is 6.35. The molecule has 186 valence electrons. The van der Waals surface area contributed by atoms with Gasteiger partial charge in [0.1, 0.15) is 11.5 Å². The van der Waals surface area contributed by atoms with E-state index in [0.29, 0.717) is 47.9 Å². The average molecular weight is 489 g/mol. The summed E-state index contributed by atoms with van der Waals surface area (Å²) in [6.45, 7) is 4.31. The highest BCUT2D eigenvalue weighted by molar-refractivity contribution is 6.22. The van der Waals surface area contributed by atoms with Crippen molar-refractivity contribution in [1.29, 1.82) is 0 Å². The van der Waals surface area contributed by atoms with E-state index in [4.69, 9.17) is 9.47 Å². The van der Waals surface area contributed by atoms with Gasteiger partial charge in [0.2, 0.25) is 17.7 Å². The maximum Gasteiger partial charge on any atom is 0.316 e. The van der Waals surface area contributed by atoms with Crippen molar-refractivity contribution >= 4 is 35.1 Å². The van der Waals surface area contributed by atoms with Crippen LogP contribution in [0.1, 0.15) is 31.7 Å². The number of rotatable bonds is 6. The molecular formula is C28H28N2O6. The summed E-state index contributed by atoms with van der Waals surface area (Å²) in [4.78, 5) is 54.3. The van der Waals surface area contributed by atoms with Gasteiger partial charge >= 0.3 is 5.97 Å². The number of esters is 1. The third-order valence-electron chi connectivity index (χ3n) is 7.05. The molecule has 8 nitrogen and oxygen atoms in total. The molecule has 2 aromatic rings. The number of fused-ring (bicyclic) bond motifs is 1. The van der Waals surface area contributed by atoms with Crippen LogP contribution in [0.15, 0.2) is 54.6 Å². The molecule has 0 N–H and O–H groups in total. The highest BCUT2D eigenvalue weighted by Gasteiger charge is 2.48. The van der Waals surface area contributed by atoms with Crippen molar-refractivity contribution in [2.24, 2.45) is 17.8 Å². The molecule has 8 heteroatoms. The largest absolute Gasteiger partial charge is 0.492 e. The number of allylic oxidation sites excluding steroid dienone is 2. The maximum absolute atomic E-state index is 12.9. The second-order valence-electron chi connectivity index (χ2n) is 9.34. The molecule has 0 radical (unpaired) electrons. The van der Waals surface area contributed by atoms with Crippen molar-refractivity contribution in [2.45, 2.75) is 33.1 Å². The van der Waals surface area contributed by atoms with E-state index in [1.54, 1.807) is 42.2 Å². The minimum Gasteiger partial charge on any atom is -0.492 e. The minimum absolute atomic E-state index is 0.0456. The third kappa shape index (κ3) is 4.17. The maximum atomic E-state index is 12.9. The molecule has 0 unspecified atom stereocenters.